The van der Waals surface area contributed by atoms with E-state index in [0.29, 0.717) is 35.9 Å². The largest absolute Gasteiger partial charge is 0.393 e. The van der Waals surface area contributed by atoms with Gasteiger partial charge in [-0.15, -0.1) is 0 Å². The van der Waals surface area contributed by atoms with Gasteiger partial charge in [0.2, 0.25) is 5.91 Å². The molecule has 100 valence electrons. The van der Waals surface area contributed by atoms with Gasteiger partial charge in [0, 0.05) is 23.0 Å². The van der Waals surface area contributed by atoms with Crippen LogP contribution < -0.4 is 5.32 Å². The Bertz CT molecular complexity index is 408. The van der Waals surface area contributed by atoms with Crippen LogP contribution in [0.3, 0.4) is 0 Å². The zero-order valence-electron chi connectivity index (χ0n) is 10.2. The minimum atomic E-state index is -0.443. The first-order valence-electron chi connectivity index (χ1n) is 5.87. The summed E-state index contributed by atoms with van der Waals surface area (Å²) < 4.78 is 0. The highest BCUT2D eigenvalue weighted by molar-refractivity contribution is 6.35. The number of carbonyl (C=O) groups is 1. The highest BCUT2D eigenvalue weighted by Crippen LogP contribution is 2.20. The Kier molecular flexibility index (Phi) is 6.47. The summed E-state index contributed by atoms with van der Waals surface area (Å²) in [5.41, 5.74) is 0.955. The second-order valence-electron chi connectivity index (χ2n) is 4.22. The zero-order chi connectivity index (χ0) is 13.5. The Labute approximate surface area is 117 Å². The normalized spacial score (nSPS) is 12.2. The molecule has 1 amide bonds. The summed E-state index contributed by atoms with van der Waals surface area (Å²) in [4.78, 5) is 11.4. The summed E-state index contributed by atoms with van der Waals surface area (Å²) in [6.45, 7) is 2.20. The number of halogens is 2. The van der Waals surface area contributed by atoms with Gasteiger partial charge in [-0.05, 0) is 37.5 Å². The first-order valence-corrected chi connectivity index (χ1v) is 6.63. The van der Waals surface area contributed by atoms with Crippen molar-refractivity contribution in [3.63, 3.8) is 0 Å². The van der Waals surface area contributed by atoms with Crippen molar-refractivity contribution in [2.24, 2.45) is 0 Å². The summed E-state index contributed by atoms with van der Waals surface area (Å²) in [7, 11) is 0. The lowest BCUT2D eigenvalue weighted by molar-refractivity contribution is -0.121. The van der Waals surface area contributed by atoms with Crippen molar-refractivity contribution < 1.29 is 9.90 Å². The Hall–Kier alpha value is -0.770. The summed E-state index contributed by atoms with van der Waals surface area (Å²) in [6.07, 6.45) is 1.04. The second kappa shape index (κ2) is 7.62. The number of carbonyl (C=O) groups excluding carboxylic acids is 1. The van der Waals surface area contributed by atoms with Gasteiger partial charge in [-0.2, -0.15) is 0 Å². The fraction of sp³-hybridized carbons (Fsp3) is 0.462. The standard InChI is InChI=1S/C13H17Cl2NO2/c1-9(17)2-5-13(18)16-7-6-10-3-4-11(14)8-12(10)15/h3-4,8-9,17H,2,5-7H2,1H3,(H,16,18). The second-order valence-corrected chi connectivity index (χ2v) is 5.07. The third-order valence-electron chi connectivity index (χ3n) is 2.52. The number of rotatable bonds is 6. The van der Waals surface area contributed by atoms with E-state index in [1.807, 2.05) is 6.07 Å². The molecule has 1 aromatic rings. The van der Waals surface area contributed by atoms with Gasteiger partial charge in [-0.25, -0.2) is 0 Å². The molecular weight excluding hydrogens is 273 g/mol. The number of aliphatic hydroxyl groups excluding tert-OH is 1. The van der Waals surface area contributed by atoms with E-state index < -0.39 is 6.10 Å². The van der Waals surface area contributed by atoms with E-state index in [2.05, 4.69) is 5.32 Å². The molecule has 0 aliphatic heterocycles. The van der Waals surface area contributed by atoms with Crippen LogP contribution in [-0.4, -0.2) is 23.7 Å². The van der Waals surface area contributed by atoms with Crippen molar-refractivity contribution in [1.82, 2.24) is 5.32 Å². The Morgan fingerprint density at radius 2 is 2.17 bits per heavy atom. The molecule has 5 heteroatoms. The fourth-order valence-corrected chi connectivity index (χ4v) is 1.99. The minimum Gasteiger partial charge on any atom is -0.393 e. The van der Waals surface area contributed by atoms with E-state index in [1.165, 1.54) is 0 Å². The van der Waals surface area contributed by atoms with Crippen molar-refractivity contribution in [2.45, 2.75) is 32.3 Å². The molecule has 2 N–H and O–H groups in total. The molecule has 0 saturated heterocycles. The highest BCUT2D eigenvalue weighted by atomic mass is 35.5. The van der Waals surface area contributed by atoms with Gasteiger partial charge in [0.25, 0.3) is 0 Å². The molecule has 0 bridgehead atoms. The average Bonchev–Trinajstić information content (AvgIpc) is 2.29. The van der Waals surface area contributed by atoms with Gasteiger partial charge in [0.15, 0.2) is 0 Å². The van der Waals surface area contributed by atoms with Crippen LogP contribution >= 0.6 is 23.2 Å². The number of amides is 1. The van der Waals surface area contributed by atoms with Crippen molar-refractivity contribution in [3.8, 4) is 0 Å². The van der Waals surface area contributed by atoms with Crippen LogP contribution in [0.25, 0.3) is 0 Å². The maximum atomic E-state index is 11.4. The van der Waals surface area contributed by atoms with Gasteiger partial charge >= 0.3 is 0 Å². The zero-order valence-corrected chi connectivity index (χ0v) is 11.8. The molecule has 18 heavy (non-hydrogen) atoms. The van der Waals surface area contributed by atoms with Crippen LogP contribution in [0.1, 0.15) is 25.3 Å². The molecule has 0 saturated carbocycles. The lowest BCUT2D eigenvalue weighted by atomic mass is 10.1. The van der Waals surface area contributed by atoms with Gasteiger partial charge in [-0.1, -0.05) is 29.3 Å². The lowest BCUT2D eigenvalue weighted by Gasteiger charge is -2.08. The number of benzene rings is 1. The smallest absolute Gasteiger partial charge is 0.220 e. The van der Waals surface area contributed by atoms with Crippen LogP contribution in [0.2, 0.25) is 10.0 Å². The first kappa shape index (κ1) is 15.3. The average molecular weight is 290 g/mol. The number of hydrogen-bond donors (Lipinski definition) is 2. The number of hydrogen-bond acceptors (Lipinski definition) is 2. The van der Waals surface area contributed by atoms with Crippen LogP contribution in [0.15, 0.2) is 18.2 Å². The molecule has 0 radical (unpaired) electrons. The third kappa shape index (κ3) is 5.71. The minimum absolute atomic E-state index is 0.0546. The molecule has 0 heterocycles. The summed E-state index contributed by atoms with van der Waals surface area (Å²) in [5, 5.41) is 13.1. The van der Waals surface area contributed by atoms with Crippen LogP contribution in [0, 0.1) is 0 Å². The van der Waals surface area contributed by atoms with Gasteiger partial charge in [0.05, 0.1) is 6.10 Å². The van der Waals surface area contributed by atoms with Crippen LogP contribution in [0.5, 0.6) is 0 Å². The molecule has 1 aromatic carbocycles. The van der Waals surface area contributed by atoms with Gasteiger partial charge < -0.3 is 10.4 Å². The van der Waals surface area contributed by atoms with Crippen molar-refractivity contribution >= 4 is 29.1 Å². The Balaban J connectivity index is 2.31. The predicted octanol–water partition coefficient (Wildman–Crippen LogP) is 2.81. The molecule has 0 spiro atoms. The number of aliphatic hydroxyl groups is 1. The molecule has 1 unspecified atom stereocenters. The van der Waals surface area contributed by atoms with E-state index in [1.54, 1.807) is 19.1 Å². The molecule has 0 aliphatic carbocycles. The van der Waals surface area contributed by atoms with Crippen LogP contribution in [-0.2, 0) is 11.2 Å². The molecule has 1 atom stereocenters. The van der Waals surface area contributed by atoms with E-state index in [-0.39, 0.29) is 5.91 Å². The highest BCUT2D eigenvalue weighted by Gasteiger charge is 2.05. The van der Waals surface area contributed by atoms with Crippen LogP contribution in [0.4, 0.5) is 0 Å². The lowest BCUT2D eigenvalue weighted by Crippen LogP contribution is -2.26. The molecule has 0 aliphatic rings. The monoisotopic (exact) mass is 289 g/mol. The quantitative estimate of drug-likeness (QED) is 0.846. The summed E-state index contributed by atoms with van der Waals surface area (Å²) >= 11 is 11.8. The molecule has 1 rings (SSSR count). The molecular formula is C13H17Cl2NO2. The van der Waals surface area contributed by atoms with Gasteiger partial charge in [0.1, 0.15) is 0 Å². The van der Waals surface area contributed by atoms with E-state index in [9.17, 15) is 4.79 Å². The Morgan fingerprint density at radius 3 is 2.78 bits per heavy atom. The molecule has 0 aromatic heterocycles. The first-order chi connectivity index (χ1) is 8.49. The molecule has 3 nitrogen and oxygen atoms in total. The SMILES string of the molecule is CC(O)CCC(=O)NCCc1ccc(Cl)cc1Cl. The maximum Gasteiger partial charge on any atom is 0.220 e. The predicted molar refractivity (Wildman–Crippen MR) is 74.1 cm³/mol. The van der Waals surface area contributed by atoms with E-state index in [4.69, 9.17) is 28.3 Å². The summed E-state index contributed by atoms with van der Waals surface area (Å²) in [6, 6.07) is 5.32. The fourth-order valence-electron chi connectivity index (χ4n) is 1.49. The molecule has 0 fully saturated rings. The van der Waals surface area contributed by atoms with E-state index in [0.717, 1.165) is 5.56 Å². The maximum absolute atomic E-state index is 11.4. The Morgan fingerprint density at radius 1 is 1.44 bits per heavy atom. The third-order valence-corrected chi connectivity index (χ3v) is 3.11. The van der Waals surface area contributed by atoms with Gasteiger partial charge in [-0.3, -0.25) is 4.79 Å². The van der Waals surface area contributed by atoms with Crippen molar-refractivity contribution in [3.05, 3.63) is 33.8 Å². The topological polar surface area (TPSA) is 49.3 Å². The van der Waals surface area contributed by atoms with Crippen molar-refractivity contribution in [2.75, 3.05) is 6.54 Å². The number of nitrogens with one attached hydrogen (secondary N) is 1. The van der Waals surface area contributed by atoms with Crippen molar-refractivity contribution in [1.29, 1.82) is 0 Å². The summed E-state index contributed by atoms with van der Waals surface area (Å²) in [5.74, 6) is -0.0546. The van der Waals surface area contributed by atoms with E-state index >= 15 is 0 Å².